The molecule has 8 heteroatoms. The summed E-state index contributed by atoms with van der Waals surface area (Å²) in [6.45, 7) is 0.635. The number of nitrogens with one attached hydrogen (secondary N) is 2. The summed E-state index contributed by atoms with van der Waals surface area (Å²) in [7, 11) is 0. The molecule has 0 aliphatic heterocycles. The highest BCUT2D eigenvalue weighted by Crippen LogP contribution is 2.16. The molecule has 6 nitrogen and oxygen atoms in total. The van der Waals surface area contributed by atoms with Gasteiger partial charge in [-0.05, 0) is 60.2 Å². The number of furan rings is 1. The van der Waals surface area contributed by atoms with Crippen LogP contribution in [0.15, 0.2) is 74.5 Å². The summed E-state index contributed by atoms with van der Waals surface area (Å²) in [4.78, 5) is 28.2. The van der Waals surface area contributed by atoms with Gasteiger partial charge in [-0.15, -0.1) is 0 Å². The van der Waals surface area contributed by atoms with E-state index in [-0.39, 0.29) is 11.5 Å². The van der Waals surface area contributed by atoms with Gasteiger partial charge in [0.15, 0.2) is 4.77 Å². The fourth-order valence-corrected chi connectivity index (χ4v) is 3.61. The molecule has 146 valence electrons. The van der Waals surface area contributed by atoms with Crippen molar-refractivity contribution in [2.24, 2.45) is 0 Å². The summed E-state index contributed by atoms with van der Waals surface area (Å²) in [5.41, 5.74) is 1.93. The molecule has 0 fully saturated rings. The number of H-pyrrole nitrogens is 1. The van der Waals surface area contributed by atoms with Crippen molar-refractivity contribution in [1.82, 2.24) is 14.9 Å². The van der Waals surface area contributed by atoms with Crippen LogP contribution in [0.25, 0.3) is 10.9 Å². The standard InChI is InChI=1S/C21H16BrN3O3S/c22-15-7-8-18-17(10-15)20(27)25(21(29)24-18)12-13-3-5-14(6-4-13)19(26)23-11-16-2-1-9-28-16/h1-10H,11-12H2,(H,23,26)(H,24,29). The highest BCUT2D eigenvalue weighted by molar-refractivity contribution is 9.10. The molecule has 0 radical (unpaired) electrons. The molecular formula is C21H16BrN3O3S. The Labute approximate surface area is 179 Å². The Hall–Kier alpha value is -2.97. The first-order chi connectivity index (χ1) is 14.0. The topological polar surface area (TPSA) is 80.0 Å². The summed E-state index contributed by atoms with van der Waals surface area (Å²) in [5, 5.41) is 3.36. The molecule has 0 bridgehead atoms. The lowest BCUT2D eigenvalue weighted by atomic mass is 10.1. The molecule has 2 N–H and O–H groups in total. The predicted octanol–water partition coefficient (Wildman–Crippen LogP) is 4.39. The molecule has 2 aromatic carbocycles. The lowest BCUT2D eigenvalue weighted by molar-refractivity contribution is 0.0948. The molecule has 0 aliphatic carbocycles. The average molecular weight is 470 g/mol. The van der Waals surface area contributed by atoms with Gasteiger partial charge in [-0.2, -0.15) is 0 Å². The van der Waals surface area contributed by atoms with E-state index in [0.717, 1.165) is 10.0 Å². The maximum Gasteiger partial charge on any atom is 0.262 e. The summed E-state index contributed by atoms with van der Waals surface area (Å²) in [6, 6.07) is 16.1. The predicted molar refractivity (Wildman–Crippen MR) is 117 cm³/mol. The Morgan fingerprint density at radius 1 is 1.17 bits per heavy atom. The van der Waals surface area contributed by atoms with Crippen molar-refractivity contribution >= 4 is 45.0 Å². The van der Waals surface area contributed by atoms with Gasteiger partial charge in [0.05, 0.1) is 30.3 Å². The highest BCUT2D eigenvalue weighted by Gasteiger charge is 2.09. The molecule has 29 heavy (non-hydrogen) atoms. The largest absolute Gasteiger partial charge is 0.467 e. The van der Waals surface area contributed by atoms with Crippen molar-refractivity contribution in [2.75, 3.05) is 0 Å². The van der Waals surface area contributed by atoms with Crippen molar-refractivity contribution in [1.29, 1.82) is 0 Å². The zero-order valence-corrected chi connectivity index (χ0v) is 17.5. The molecule has 4 rings (SSSR count). The molecule has 2 heterocycles. The van der Waals surface area contributed by atoms with Gasteiger partial charge in [0, 0.05) is 10.0 Å². The van der Waals surface area contributed by atoms with E-state index in [1.165, 1.54) is 4.57 Å². The number of hydrogen-bond donors (Lipinski definition) is 2. The lowest BCUT2D eigenvalue weighted by Gasteiger charge is -2.09. The first-order valence-electron chi connectivity index (χ1n) is 8.83. The van der Waals surface area contributed by atoms with E-state index >= 15 is 0 Å². The fraction of sp³-hybridized carbons (Fsp3) is 0.0952. The Morgan fingerprint density at radius 3 is 2.69 bits per heavy atom. The number of hydrogen-bond acceptors (Lipinski definition) is 4. The average Bonchev–Trinajstić information content (AvgIpc) is 3.24. The normalized spacial score (nSPS) is 10.9. The molecule has 1 amide bonds. The summed E-state index contributed by atoms with van der Waals surface area (Å²) >= 11 is 8.75. The van der Waals surface area contributed by atoms with Crippen LogP contribution in [0.1, 0.15) is 21.7 Å². The minimum Gasteiger partial charge on any atom is -0.467 e. The number of aromatic nitrogens is 2. The number of carbonyl (C=O) groups is 1. The lowest BCUT2D eigenvalue weighted by Crippen LogP contribution is -2.23. The zero-order chi connectivity index (χ0) is 20.4. The van der Waals surface area contributed by atoms with Crippen LogP contribution in [0.4, 0.5) is 0 Å². The van der Waals surface area contributed by atoms with Gasteiger partial charge in [0.2, 0.25) is 0 Å². The molecule has 2 aromatic heterocycles. The Morgan fingerprint density at radius 2 is 1.97 bits per heavy atom. The third-order valence-electron chi connectivity index (χ3n) is 4.50. The first kappa shape index (κ1) is 19.4. The quantitative estimate of drug-likeness (QED) is 0.424. The number of rotatable bonds is 5. The first-order valence-corrected chi connectivity index (χ1v) is 10.0. The fourth-order valence-electron chi connectivity index (χ4n) is 2.99. The number of aromatic amines is 1. The third kappa shape index (κ3) is 4.23. The Balaban J connectivity index is 1.54. The van der Waals surface area contributed by atoms with Gasteiger partial charge in [0.25, 0.3) is 11.5 Å². The summed E-state index contributed by atoms with van der Waals surface area (Å²) < 4.78 is 7.89. The SMILES string of the molecule is O=C(NCc1ccco1)c1ccc(Cn2c(=S)[nH]c3ccc(Br)cc3c2=O)cc1. The van der Waals surface area contributed by atoms with Gasteiger partial charge in [-0.3, -0.25) is 14.2 Å². The number of nitrogens with zero attached hydrogens (tertiary/aromatic N) is 1. The molecule has 0 saturated heterocycles. The van der Waals surface area contributed by atoms with Crippen molar-refractivity contribution < 1.29 is 9.21 Å². The maximum absolute atomic E-state index is 12.9. The second kappa shape index (κ2) is 8.18. The summed E-state index contributed by atoms with van der Waals surface area (Å²) in [6.07, 6.45) is 1.56. The number of carbonyl (C=O) groups excluding carboxylic acids is 1. The van der Waals surface area contributed by atoms with Gasteiger partial charge < -0.3 is 14.7 Å². The van der Waals surface area contributed by atoms with Crippen LogP contribution < -0.4 is 10.9 Å². The van der Waals surface area contributed by atoms with Crippen molar-refractivity contribution in [3.8, 4) is 0 Å². The van der Waals surface area contributed by atoms with E-state index in [1.54, 1.807) is 36.6 Å². The molecule has 0 atom stereocenters. The zero-order valence-electron chi connectivity index (χ0n) is 15.1. The van der Waals surface area contributed by atoms with Crippen LogP contribution in [0.3, 0.4) is 0 Å². The monoisotopic (exact) mass is 469 g/mol. The Kier molecular flexibility index (Phi) is 5.46. The maximum atomic E-state index is 12.9. The molecule has 0 aliphatic rings. The van der Waals surface area contributed by atoms with E-state index < -0.39 is 0 Å². The van der Waals surface area contributed by atoms with Crippen LogP contribution in [0.5, 0.6) is 0 Å². The van der Waals surface area contributed by atoms with Crippen LogP contribution in [-0.4, -0.2) is 15.5 Å². The second-order valence-corrected chi connectivity index (χ2v) is 7.77. The van der Waals surface area contributed by atoms with Crippen LogP contribution in [0, 0.1) is 4.77 Å². The van der Waals surface area contributed by atoms with Gasteiger partial charge in [0.1, 0.15) is 5.76 Å². The highest BCUT2D eigenvalue weighted by atomic mass is 79.9. The minimum atomic E-state index is -0.196. The van der Waals surface area contributed by atoms with Crippen molar-refractivity contribution in [2.45, 2.75) is 13.1 Å². The molecule has 0 saturated carbocycles. The van der Waals surface area contributed by atoms with Crippen LogP contribution in [-0.2, 0) is 13.1 Å². The van der Waals surface area contributed by atoms with Crippen LogP contribution >= 0.6 is 28.1 Å². The van der Waals surface area contributed by atoms with Gasteiger partial charge >= 0.3 is 0 Å². The minimum absolute atomic E-state index is 0.162. The number of amides is 1. The van der Waals surface area contributed by atoms with E-state index in [2.05, 4.69) is 26.2 Å². The molecular weight excluding hydrogens is 454 g/mol. The Bertz CT molecular complexity index is 1290. The molecule has 0 unspecified atom stereocenters. The van der Waals surface area contributed by atoms with Gasteiger partial charge in [-0.25, -0.2) is 0 Å². The van der Waals surface area contributed by atoms with Crippen molar-refractivity contribution in [3.63, 3.8) is 0 Å². The van der Waals surface area contributed by atoms with Crippen LogP contribution in [0.2, 0.25) is 0 Å². The van der Waals surface area contributed by atoms with E-state index in [0.29, 0.717) is 40.1 Å². The van der Waals surface area contributed by atoms with E-state index in [9.17, 15) is 9.59 Å². The van der Waals surface area contributed by atoms with Crippen molar-refractivity contribution in [3.05, 3.63) is 97.3 Å². The third-order valence-corrected chi connectivity index (χ3v) is 5.32. The van der Waals surface area contributed by atoms with Gasteiger partial charge in [-0.1, -0.05) is 28.1 Å². The second-order valence-electron chi connectivity index (χ2n) is 6.47. The number of halogens is 1. The molecule has 4 aromatic rings. The number of fused-ring (bicyclic) bond motifs is 1. The smallest absolute Gasteiger partial charge is 0.262 e. The summed E-state index contributed by atoms with van der Waals surface area (Å²) in [5.74, 6) is 0.490. The number of benzene rings is 2. The van der Waals surface area contributed by atoms with E-state index in [4.69, 9.17) is 16.6 Å². The van der Waals surface area contributed by atoms with E-state index in [1.807, 2.05) is 24.3 Å². The molecule has 0 spiro atoms.